The Morgan fingerprint density at radius 2 is 2.11 bits per heavy atom. The van der Waals surface area contributed by atoms with E-state index in [2.05, 4.69) is 4.98 Å². The molecule has 138 valence electrons. The number of anilines is 1. The Morgan fingerprint density at radius 1 is 1.26 bits per heavy atom. The first-order chi connectivity index (χ1) is 13.1. The average molecular weight is 364 g/mol. The van der Waals surface area contributed by atoms with Crippen molar-refractivity contribution in [2.75, 3.05) is 18.9 Å². The highest BCUT2D eigenvalue weighted by atomic mass is 16.6. The maximum atomic E-state index is 13.2. The topological polar surface area (TPSA) is 90.5 Å². The largest absolute Gasteiger partial charge is 0.450 e. The van der Waals surface area contributed by atoms with Gasteiger partial charge in [-0.25, -0.2) is 4.79 Å². The summed E-state index contributed by atoms with van der Waals surface area (Å²) in [4.78, 5) is 31.0. The van der Waals surface area contributed by atoms with Gasteiger partial charge in [0.25, 0.3) is 5.91 Å². The zero-order chi connectivity index (χ0) is 19.0. The van der Waals surface area contributed by atoms with Crippen molar-refractivity contribution in [2.45, 2.75) is 19.9 Å². The lowest BCUT2D eigenvalue weighted by atomic mass is 9.97. The van der Waals surface area contributed by atoms with Crippen molar-refractivity contribution in [3.8, 4) is 0 Å². The standard InChI is InChI=1S/C20H20N4O3/c1-2-27-20(26)23-7-6-16-14(12-23)10-22-11-17(16)19(25)24-8-5-13-9-15(21)3-4-18(13)24/h3-5,8-11H,2,6-7,12,21H2,1H3. The van der Waals surface area contributed by atoms with E-state index < -0.39 is 0 Å². The van der Waals surface area contributed by atoms with Gasteiger partial charge in [-0.05, 0) is 48.7 Å². The van der Waals surface area contributed by atoms with Crippen LogP contribution in [0.5, 0.6) is 0 Å². The number of nitrogens with two attached hydrogens (primary N) is 1. The minimum Gasteiger partial charge on any atom is -0.450 e. The summed E-state index contributed by atoms with van der Waals surface area (Å²) in [6.45, 7) is 3.03. The molecule has 2 N–H and O–H groups in total. The molecular formula is C20H20N4O3. The molecule has 0 atom stereocenters. The second-order valence-electron chi connectivity index (χ2n) is 6.50. The third-order valence-electron chi connectivity index (χ3n) is 4.83. The lowest BCUT2D eigenvalue weighted by molar-refractivity contribution is 0.0961. The highest BCUT2D eigenvalue weighted by Crippen LogP contribution is 2.25. The quantitative estimate of drug-likeness (QED) is 0.706. The second kappa shape index (κ2) is 6.75. The number of pyridine rings is 1. The number of carbonyl (C=O) groups excluding carboxylic acids is 2. The molecule has 0 bridgehead atoms. The fraction of sp³-hybridized carbons (Fsp3) is 0.250. The number of rotatable bonds is 2. The molecule has 1 amide bonds. The summed E-state index contributed by atoms with van der Waals surface area (Å²) in [7, 11) is 0. The monoisotopic (exact) mass is 364 g/mol. The SMILES string of the molecule is CCOC(=O)N1CCc2c(cncc2C(=O)n2ccc3cc(N)ccc32)C1. The van der Waals surface area contributed by atoms with Gasteiger partial charge in [-0.15, -0.1) is 0 Å². The lowest BCUT2D eigenvalue weighted by Gasteiger charge is -2.28. The van der Waals surface area contributed by atoms with Gasteiger partial charge in [-0.2, -0.15) is 0 Å². The number of amides is 1. The van der Waals surface area contributed by atoms with Crippen LogP contribution >= 0.6 is 0 Å². The summed E-state index contributed by atoms with van der Waals surface area (Å²) in [5.41, 5.74) is 9.66. The third-order valence-corrected chi connectivity index (χ3v) is 4.83. The molecule has 0 unspecified atom stereocenters. The van der Waals surface area contributed by atoms with E-state index in [-0.39, 0.29) is 12.0 Å². The number of nitrogens with zero attached hydrogens (tertiary/aromatic N) is 3. The molecule has 0 spiro atoms. The number of aromatic nitrogens is 2. The zero-order valence-corrected chi connectivity index (χ0v) is 15.0. The van der Waals surface area contributed by atoms with Crippen LogP contribution in [0.2, 0.25) is 0 Å². The number of fused-ring (bicyclic) bond motifs is 2. The van der Waals surface area contributed by atoms with Crippen LogP contribution in [0.25, 0.3) is 10.9 Å². The molecule has 1 aromatic carbocycles. The van der Waals surface area contributed by atoms with Gasteiger partial charge in [0.1, 0.15) is 0 Å². The number of nitrogen functional groups attached to an aromatic ring is 1. The fourth-order valence-electron chi connectivity index (χ4n) is 3.52. The normalized spacial score (nSPS) is 13.4. The van der Waals surface area contributed by atoms with Gasteiger partial charge in [-0.3, -0.25) is 14.3 Å². The first kappa shape index (κ1) is 17.1. The van der Waals surface area contributed by atoms with Crippen LogP contribution in [0.4, 0.5) is 10.5 Å². The van der Waals surface area contributed by atoms with Crippen LogP contribution < -0.4 is 5.73 Å². The van der Waals surface area contributed by atoms with Crippen LogP contribution in [0.3, 0.4) is 0 Å². The average Bonchev–Trinajstić information content (AvgIpc) is 3.09. The van der Waals surface area contributed by atoms with Crippen molar-refractivity contribution >= 4 is 28.6 Å². The summed E-state index contributed by atoms with van der Waals surface area (Å²) in [5.74, 6) is -0.135. The highest BCUT2D eigenvalue weighted by molar-refractivity contribution is 6.03. The summed E-state index contributed by atoms with van der Waals surface area (Å²) < 4.78 is 6.69. The van der Waals surface area contributed by atoms with E-state index in [1.165, 1.54) is 0 Å². The molecule has 4 rings (SSSR count). The molecule has 1 aliphatic heterocycles. The van der Waals surface area contributed by atoms with Gasteiger partial charge in [0, 0.05) is 36.2 Å². The maximum Gasteiger partial charge on any atom is 0.410 e. The second-order valence-corrected chi connectivity index (χ2v) is 6.50. The fourth-order valence-corrected chi connectivity index (χ4v) is 3.52. The number of benzene rings is 1. The molecule has 1 aliphatic rings. The molecule has 0 saturated heterocycles. The predicted octanol–water partition coefficient (Wildman–Crippen LogP) is 2.82. The van der Waals surface area contributed by atoms with E-state index in [9.17, 15) is 9.59 Å². The lowest BCUT2D eigenvalue weighted by Crippen LogP contribution is -2.37. The molecule has 0 radical (unpaired) electrons. The van der Waals surface area contributed by atoms with Crippen molar-refractivity contribution in [3.63, 3.8) is 0 Å². The summed E-state index contributed by atoms with van der Waals surface area (Å²) in [6.07, 6.45) is 5.31. The molecule has 7 heteroatoms. The van der Waals surface area contributed by atoms with Crippen LogP contribution in [-0.2, 0) is 17.7 Å². The molecule has 2 aromatic heterocycles. The Hall–Kier alpha value is -3.35. The molecule has 0 saturated carbocycles. The summed E-state index contributed by atoms with van der Waals surface area (Å²) in [6, 6.07) is 7.33. The van der Waals surface area contributed by atoms with Crippen molar-refractivity contribution in [2.24, 2.45) is 0 Å². The van der Waals surface area contributed by atoms with Gasteiger partial charge < -0.3 is 15.4 Å². The van der Waals surface area contributed by atoms with Gasteiger partial charge >= 0.3 is 6.09 Å². The van der Waals surface area contributed by atoms with E-state index in [0.29, 0.717) is 37.4 Å². The smallest absolute Gasteiger partial charge is 0.410 e. The minimum absolute atomic E-state index is 0.135. The molecule has 0 aliphatic carbocycles. The zero-order valence-electron chi connectivity index (χ0n) is 15.0. The van der Waals surface area contributed by atoms with E-state index >= 15 is 0 Å². The van der Waals surface area contributed by atoms with Gasteiger partial charge in [-0.1, -0.05) is 0 Å². The molecule has 3 heterocycles. The van der Waals surface area contributed by atoms with E-state index in [1.807, 2.05) is 18.2 Å². The molecule has 7 nitrogen and oxygen atoms in total. The highest BCUT2D eigenvalue weighted by Gasteiger charge is 2.26. The van der Waals surface area contributed by atoms with Crippen LogP contribution in [-0.4, -0.2) is 39.6 Å². The predicted molar refractivity (Wildman–Crippen MR) is 101 cm³/mol. The number of hydrogen-bond donors (Lipinski definition) is 1. The third kappa shape index (κ3) is 3.01. The van der Waals surface area contributed by atoms with Crippen molar-refractivity contribution in [1.82, 2.24) is 14.5 Å². The van der Waals surface area contributed by atoms with Gasteiger partial charge in [0.2, 0.25) is 0 Å². The molecular weight excluding hydrogens is 344 g/mol. The summed E-state index contributed by atoms with van der Waals surface area (Å²) >= 11 is 0. The van der Waals surface area contributed by atoms with Crippen molar-refractivity contribution in [3.05, 3.63) is 59.5 Å². The Bertz CT molecular complexity index is 1040. The Morgan fingerprint density at radius 3 is 2.93 bits per heavy atom. The number of ether oxygens (including phenoxy) is 1. The van der Waals surface area contributed by atoms with E-state index in [0.717, 1.165) is 22.0 Å². The van der Waals surface area contributed by atoms with Gasteiger partial charge in [0.15, 0.2) is 0 Å². The van der Waals surface area contributed by atoms with E-state index in [4.69, 9.17) is 10.5 Å². The minimum atomic E-state index is -0.339. The molecule has 27 heavy (non-hydrogen) atoms. The van der Waals surface area contributed by atoms with Crippen LogP contribution in [0.15, 0.2) is 42.9 Å². The van der Waals surface area contributed by atoms with Crippen LogP contribution in [0, 0.1) is 0 Å². The summed E-state index contributed by atoms with van der Waals surface area (Å²) in [5, 5.41) is 0.912. The first-order valence-electron chi connectivity index (χ1n) is 8.87. The Labute approximate surface area is 156 Å². The van der Waals surface area contributed by atoms with Gasteiger partial charge in [0.05, 0.1) is 24.2 Å². The Balaban J connectivity index is 1.68. The first-order valence-corrected chi connectivity index (χ1v) is 8.87. The Kier molecular flexibility index (Phi) is 4.27. The molecule has 3 aromatic rings. The van der Waals surface area contributed by atoms with Crippen molar-refractivity contribution < 1.29 is 14.3 Å². The van der Waals surface area contributed by atoms with Crippen LogP contribution in [0.1, 0.15) is 28.4 Å². The number of hydrogen-bond acceptors (Lipinski definition) is 5. The molecule has 0 fully saturated rings. The number of carbonyl (C=O) groups is 2. The maximum absolute atomic E-state index is 13.2. The van der Waals surface area contributed by atoms with E-state index in [1.54, 1.807) is 41.0 Å². The van der Waals surface area contributed by atoms with Crippen molar-refractivity contribution in [1.29, 1.82) is 0 Å².